The van der Waals surface area contributed by atoms with Crippen molar-refractivity contribution in [1.29, 1.82) is 0 Å². The van der Waals surface area contributed by atoms with Gasteiger partial charge in [-0.2, -0.15) is 0 Å². The van der Waals surface area contributed by atoms with Gasteiger partial charge in [0.25, 0.3) is 0 Å². The summed E-state index contributed by atoms with van der Waals surface area (Å²) in [6.45, 7) is 23.5. The third-order valence-corrected chi connectivity index (χ3v) is 8.53. The highest BCUT2D eigenvalue weighted by Gasteiger charge is 2.16. The highest BCUT2D eigenvalue weighted by molar-refractivity contribution is 5.97. The standard InChI is InChI=1S/C38H46N2/c1-8-32-31(24-26-37(33(32)9-2)39(10-3)11-4)23-20-29-18-21-30(22-19-29)28(7)34-25-27-38(40(12-5)13-6)36-17-15-14-16-35(34)36/h8-9,14-19,21-22,24-28H,1-2,10-13,20,23H2,3-7H3. The summed E-state index contributed by atoms with van der Waals surface area (Å²) in [5.41, 5.74) is 10.4. The molecule has 0 aliphatic heterocycles. The Morgan fingerprint density at radius 3 is 1.80 bits per heavy atom. The maximum atomic E-state index is 4.14. The van der Waals surface area contributed by atoms with Crippen LogP contribution in [0.3, 0.4) is 0 Å². The molecule has 4 rings (SSSR count). The van der Waals surface area contributed by atoms with E-state index in [2.05, 4.69) is 130 Å². The van der Waals surface area contributed by atoms with Crippen LogP contribution in [-0.2, 0) is 12.8 Å². The summed E-state index contributed by atoms with van der Waals surface area (Å²) in [4.78, 5) is 4.83. The molecular formula is C38H46N2. The highest BCUT2D eigenvalue weighted by Crippen LogP contribution is 2.36. The number of hydrogen-bond donors (Lipinski definition) is 0. The SMILES string of the molecule is C=Cc1c(CCc2ccc(C(C)c3ccc(N(CC)CC)c4ccccc34)cc2)ccc(N(CC)CC)c1C=C. The maximum absolute atomic E-state index is 4.14. The minimum Gasteiger partial charge on any atom is -0.372 e. The van der Waals surface area contributed by atoms with Gasteiger partial charge >= 0.3 is 0 Å². The third kappa shape index (κ3) is 5.87. The summed E-state index contributed by atoms with van der Waals surface area (Å²) in [6.07, 6.45) is 5.97. The summed E-state index contributed by atoms with van der Waals surface area (Å²) >= 11 is 0. The van der Waals surface area contributed by atoms with Crippen LogP contribution in [0.4, 0.5) is 11.4 Å². The van der Waals surface area contributed by atoms with Crippen molar-refractivity contribution in [3.05, 3.63) is 119 Å². The van der Waals surface area contributed by atoms with Crippen LogP contribution in [0.25, 0.3) is 22.9 Å². The average Bonchev–Trinajstić information content (AvgIpc) is 3.01. The van der Waals surface area contributed by atoms with Gasteiger partial charge in [0.15, 0.2) is 0 Å². The second-order valence-corrected chi connectivity index (χ2v) is 10.5. The number of rotatable bonds is 13. The predicted octanol–water partition coefficient (Wildman–Crippen LogP) is 9.76. The largest absolute Gasteiger partial charge is 0.372 e. The topological polar surface area (TPSA) is 6.48 Å². The van der Waals surface area contributed by atoms with Gasteiger partial charge in [-0.3, -0.25) is 0 Å². The van der Waals surface area contributed by atoms with Crippen LogP contribution < -0.4 is 9.80 Å². The predicted molar refractivity (Wildman–Crippen MR) is 179 cm³/mol. The summed E-state index contributed by atoms with van der Waals surface area (Å²) in [5, 5.41) is 2.70. The van der Waals surface area contributed by atoms with Crippen LogP contribution >= 0.6 is 0 Å². The van der Waals surface area contributed by atoms with E-state index in [0.29, 0.717) is 5.92 Å². The molecule has 0 aliphatic carbocycles. The van der Waals surface area contributed by atoms with Crippen molar-refractivity contribution in [3.8, 4) is 0 Å². The van der Waals surface area contributed by atoms with Crippen LogP contribution in [0, 0.1) is 0 Å². The van der Waals surface area contributed by atoms with Crippen LogP contribution in [0.5, 0.6) is 0 Å². The molecule has 0 saturated heterocycles. The lowest BCUT2D eigenvalue weighted by atomic mass is 9.88. The summed E-state index contributed by atoms with van der Waals surface area (Å²) in [7, 11) is 0. The lowest BCUT2D eigenvalue weighted by Gasteiger charge is -2.25. The second kappa shape index (κ2) is 13.5. The Bertz CT molecular complexity index is 1440. The molecule has 0 spiro atoms. The van der Waals surface area contributed by atoms with Crippen molar-refractivity contribution < 1.29 is 0 Å². The molecule has 40 heavy (non-hydrogen) atoms. The first-order valence-corrected chi connectivity index (χ1v) is 15.0. The Labute approximate surface area is 242 Å². The molecule has 4 aromatic rings. The number of anilines is 2. The number of nitrogens with zero attached hydrogens (tertiary/aromatic N) is 2. The summed E-state index contributed by atoms with van der Waals surface area (Å²) in [6, 6.07) is 27.3. The molecule has 0 N–H and O–H groups in total. The summed E-state index contributed by atoms with van der Waals surface area (Å²) < 4.78 is 0. The molecule has 0 aliphatic rings. The van der Waals surface area contributed by atoms with E-state index in [4.69, 9.17) is 0 Å². The van der Waals surface area contributed by atoms with Crippen molar-refractivity contribution >= 4 is 34.3 Å². The second-order valence-electron chi connectivity index (χ2n) is 10.5. The molecule has 2 heteroatoms. The monoisotopic (exact) mass is 530 g/mol. The normalized spacial score (nSPS) is 11.8. The Morgan fingerprint density at radius 2 is 1.20 bits per heavy atom. The van der Waals surface area contributed by atoms with Crippen LogP contribution in [-0.4, -0.2) is 26.2 Å². The average molecular weight is 531 g/mol. The van der Waals surface area contributed by atoms with E-state index in [1.807, 2.05) is 12.2 Å². The molecule has 0 radical (unpaired) electrons. The van der Waals surface area contributed by atoms with Crippen LogP contribution in [0.15, 0.2) is 86.0 Å². The first-order valence-electron chi connectivity index (χ1n) is 15.0. The Hall–Kier alpha value is -3.78. The number of aryl methyl sites for hydroxylation is 2. The van der Waals surface area contributed by atoms with Gasteiger partial charge in [-0.1, -0.05) is 92.9 Å². The fourth-order valence-corrected chi connectivity index (χ4v) is 6.14. The molecule has 0 heterocycles. The molecule has 4 aromatic carbocycles. The van der Waals surface area contributed by atoms with Gasteiger partial charge < -0.3 is 9.80 Å². The zero-order chi connectivity index (χ0) is 28.6. The molecule has 0 amide bonds. The first kappa shape index (κ1) is 29.2. The van der Waals surface area contributed by atoms with E-state index >= 15 is 0 Å². The zero-order valence-corrected chi connectivity index (χ0v) is 25.2. The van der Waals surface area contributed by atoms with E-state index in [-0.39, 0.29) is 0 Å². The van der Waals surface area contributed by atoms with Gasteiger partial charge in [0.05, 0.1) is 0 Å². The van der Waals surface area contributed by atoms with Gasteiger partial charge in [0, 0.05) is 54.4 Å². The van der Waals surface area contributed by atoms with Crippen molar-refractivity contribution in [2.24, 2.45) is 0 Å². The van der Waals surface area contributed by atoms with Crippen LogP contribution in [0.1, 0.15) is 73.9 Å². The van der Waals surface area contributed by atoms with Gasteiger partial charge in [0.1, 0.15) is 0 Å². The number of benzene rings is 4. The minimum atomic E-state index is 0.319. The lowest BCUT2D eigenvalue weighted by molar-refractivity contribution is 0.862. The van der Waals surface area contributed by atoms with Crippen molar-refractivity contribution in [1.82, 2.24) is 0 Å². The van der Waals surface area contributed by atoms with Gasteiger partial charge in [-0.25, -0.2) is 0 Å². The maximum Gasteiger partial charge on any atom is 0.0445 e. The Kier molecular flexibility index (Phi) is 9.88. The summed E-state index contributed by atoms with van der Waals surface area (Å²) in [5.74, 6) is 0.319. The molecular weight excluding hydrogens is 484 g/mol. The first-order chi connectivity index (χ1) is 19.5. The lowest BCUT2D eigenvalue weighted by Crippen LogP contribution is -2.23. The molecule has 2 nitrogen and oxygen atoms in total. The molecule has 0 saturated carbocycles. The van der Waals surface area contributed by atoms with Crippen molar-refractivity contribution in [2.75, 3.05) is 36.0 Å². The highest BCUT2D eigenvalue weighted by atomic mass is 15.1. The van der Waals surface area contributed by atoms with Gasteiger partial charge in [0.2, 0.25) is 0 Å². The number of hydrogen-bond acceptors (Lipinski definition) is 2. The minimum absolute atomic E-state index is 0.319. The van der Waals surface area contributed by atoms with E-state index in [0.717, 1.165) is 39.0 Å². The third-order valence-electron chi connectivity index (χ3n) is 8.53. The zero-order valence-electron chi connectivity index (χ0n) is 25.2. The van der Waals surface area contributed by atoms with Crippen molar-refractivity contribution in [2.45, 2.75) is 53.4 Å². The molecule has 1 atom stereocenters. The molecule has 0 bridgehead atoms. The Balaban J connectivity index is 1.55. The molecule has 1 unspecified atom stereocenters. The quantitative estimate of drug-likeness (QED) is 0.170. The number of fused-ring (bicyclic) bond motifs is 1. The van der Waals surface area contributed by atoms with Gasteiger partial charge in [-0.15, -0.1) is 0 Å². The fourth-order valence-electron chi connectivity index (χ4n) is 6.14. The van der Waals surface area contributed by atoms with Crippen molar-refractivity contribution in [3.63, 3.8) is 0 Å². The molecule has 208 valence electrons. The smallest absolute Gasteiger partial charge is 0.0445 e. The molecule has 0 fully saturated rings. The van der Waals surface area contributed by atoms with E-state index in [1.165, 1.54) is 55.5 Å². The molecule has 0 aromatic heterocycles. The Morgan fingerprint density at radius 1 is 0.625 bits per heavy atom. The van der Waals surface area contributed by atoms with E-state index < -0.39 is 0 Å². The van der Waals surface area contributed by atoms with Crippen LogP contribution in [0.2, 0.25) is 0 Å². The van der Waals surface area contributed by atoms with Gasteiger partial charge in [-0.05, 0) is 85.9 Å². The van der Waals surface area contributed by atoms with E-state index in [9.17, 15) is 0 Å². The fraction of sp³-hybridized carbons (Fsp3) is 0.316. The van der Waals surface area contributed by atoms with E-state index in [1.54, 1.807) is 0 Å².